The fourth-order valence-electron chi connectivity index (χ4n) is 1.09. The first-order valence-electron chi connectivity index (χ1n) is 4.89. The first-order valence-corrected chi connectivity index (χ1v) is 4.89. The Kier molecular flexibility index (Phi) is 3.60. The predicted octanol–water partition coefficient (Wildman–Crippen LogP) is 3.70. The molecule has 0 fully saturated rings. The van der Waals surface area contributed by atoms with Crippen LogP contribution in [-0.2, 0) is 4.74 Å². The Morgan fingerprint density at radius 3 is 2.56 bits per heavy atom. The lowest BCUT2D eigenvalue weighted by atomic mass is 10.2. The number of rotatable bonds is 2. The van der Waals surface area contributed by atoms with Gasteiger partial charge in [-0.1, -0.05) is 12.1 Å². The maximum absolute atomic E-state index is 11.5. The van der Waals surface area contributed by atoms with E-state index in [1.54, 1.807) is 45.0 Å². The highest BCUT2D eigenvalue weighted by molar-refractivity contribution is 5.88. The van der Waals surface area contributed by atoms with Crippen molar-refractivity contribution >= 4 is 17.5 Å². The number of benzene rings is 1. The molecule has 5 nitrogen and oxygen atoms in total. The van der Waals surface area contributed by atoms with Crippen LogP contribution in [0.5, 0.6) is 0 Å². The molecule has 1 amide bonds. The van der Waals surface area contributed by atoms with E-state index in [1.165, 1.54) is 0 Å². The number of nitrogens with one attached hydrogen (secondary N) is 2. The molecule has 0 spiro atoms. The van der Waals surface area contributed by atoms with Crippen LogP contribution in [-0.4, -0.2) is 11.7 Å². The van der Waals surface area contributed by atoms with Gasteiger partial charge >= 0.3 is 6.09 Å². The topological polar surface area (TPSA) is 74.5 Å². The fourth-order valence-corrected chi connectivity index (χ4v) is 1.09. The van der Waals surface area contributed by atoms with Crippen molar-refractivity contribution in [2.75, 3.05) is 5.32 Å². The third-order valence-electron chi connectivity index (χ3n) is 1.66. The van der Waals surface area contributed by atoms with Crippen molar-refractivity contribution < 1.29 is 9.53 Å². The van der Waals surface area contributed by atoms with E-state index in [4.69, 9.17) is 10.3 Å². The second-order valence-corrected chi connectivity index (χ2v) is 4.26. The van der Waals surface area contributed by atoms with Crippen molar-refractivity contribution in [1.82, 2.24) is 0 Å². The lowest BCUT2D eigenvalue weighted by Gasteiger charge is -2.19. The number of ether oxygens (including phenoxy) is 1. The van der Waals surface area contributed by atoms with E-state index in [0.29, 0.717) is 11.4 Å². The van der Waals surface area contributed by atoms with Gasteiger partial charge in [-0.25, -0.2) is 10.3 Å². The molecule has 16 heavy (non-hydrogen) atoms. The number of amides is 1. The summed E-state index contributed by atoms with van der Waals surface area (Å²) in [7, 11) is 0. The SMILES string of the molecule is CC(C)(C)OC(=O)Nc1ccccc1N=N. The van der Waals surface area contributed by atoms with Gasteiger partial charge in [0.25, 0.3) is 0 Å². The molecule has 5 heteroatoms. The molecule has 1 aromatic rings. The molecule has 0 saturated carbocycles. The Labute approximate surface area is 94.3 Å². The summed E-state index contributed by atoms with van der Waals surface area (Å²) < 4.78 is 5.09. The molecule has 0 unspecified atom stereocenters. The Balaban J connectivity index is 2.73. The molecule has 0 radical (unpaired) electrons. The van der Waals surface area contributed by atoms with E-state index < -0.39 is 11.7 Å². The number of anilines is 1. The van der Waals surface area contributed by atoms with E-state index in [9.17, 15) is 4.79 Å². The summed E-state index contributed by atoms with van der Waals surface area (Å²) >= 11 is 0. The van der Waals surface area contributed by atoms with Crippen LogP contribution in [0.25, 0.3) is 0 Å². The standard InChI is InChI=1S/C11H15N3O2/c1-11(2,3)16-10(15)13-8-6-4-5-7-9(8)14-12/h4-7,12H,1-3H3,(H,13,15). The van der Waals surface area contributed by atoms with Gasteiger partial charge in [0.1, 0.15) is 11.3 Å². The monoisotopic (exact) mass is 221 g/mol. The molecule has 0 bridgehead atoms. The van der Waals surface area contributed by atoms with Gasteiger partial charge in [0, 0.05) is 0 Å². The molecule has 0 aromatic heterocycles. The predicted molar refractivity (Wildman–Crippen MR) is 61.1 cm³/mol. The van der Waals surface area contributed by atoms with E-state index in [0.717, 1.165) is 0 Å². The van der Waals surface area contributed by atoms with Crippen molar-refractivity contribution in [3.63, 3.8) is 0 Å². The summed E-state index contributed by atoms with van der Waals surface area (Å²) in [5, 5.41) is 5.84. The second kappa shape index (κ2) is 4.74. The average molecular weight is 221 g/mol. The van der Waals surface area contributed by atoms with E-state index in [2.05, 4.69) is 10.4 Å². The lowest BCUT2D eigenvalue weighted by Crippen LogP contribution is -2.27. The average Bonchev–Trinajstić information content (AvgIpc) is 2.15. The van der Waals surface area contributed by atoms with Gasteiger partial charge in [0.05, 0.1) is 5.69 Å². The number of para-hydroxylation sites is 2. The van der Waals surface area contributed by atoms with Crippen LogP contribution in [0.2, 0.25) is 0 Å². The maximum atomic E-state index is 11.5. The molecular weight excluding hydrogens is 206 g/mol. The largest absolute Gasteiger partial charge is 0.444 e. The highest BCUT2D eigenvalue weighted by Gasteiger charge is 2.16. The van der Waals surface area contributed by atoms with Gasteiger partial charge in [0.15, 0.2) is 0 Å². The summed E-state index contributed by atoms with van der Waals surface area (Å²) in [5.74, 6) is 0. The summed E-state index contributed by atoms with van der Waals surface area (Å²) in [6.07, 6.45) is -0.552. The molecular formula is C11H15N3O2. The fraction of sp³-hybridized carbons (Fsp3) is 0.364. The van der Waals surface area contributed by atoms with Crippen molar-refractivity contribution in [2.24, 2.45) is 5.11 Å². The number of hydrogen-bond acceptors (Lipinski definition) is 4. The summed E-state index contributed by atoms with van der Waals surface area (Å²) in [4.78, 5) is 11.5. The smallest absolute Gasteiger partial charge is 0.412 e. The first-order chi connectivity index (χ1) is 7.42. The van der Waals surface area contributed by atoms with Crippen LogP contribution >= 0.6 is 0 Å². The molecule has 0 saturated heterocycles. The molecule has 0 aliphatic carbocycles. The number of hydrogen-bond donors (Lipinski definition) is 2. The van der Waals surface area contributed by atoms with Crippen molar-refractivity contribution in [1.29, 1.82) is 5.53 Å². The highest BCUT2D eigenvalue weighted by Crippen LogP contribution is 2.24. The molecule has 1 rings (SSSR count). The lowest BCUT2D eigenvalue weighted by molar-refractivity contribution is 0.0636. The third kappa shape index (κ3) is 3.68. The zero-order valence-electron chi connectivity index (χ0n) is 9.57. The van der Waals surface area contributed by atoms with Crippen molar-refractivity contribution in [3.8, 4) is 0 Å². The molecule has 1 aromatic carbocycles. The highest BCUT2D eigenvalue weighted by atomic mass is 16.6. The van der Waals surface area contributed by atoms with Crippen LogP contribution in [0.15, 0.2) is 29.4 Å². The number of carbonyl (C=O) groups excluding carboxylic acids is 1. The summed E-state index contributed by atoms with van der Waals surface area (Å²) in [5.41, 5.74) is 7.26. The zero-order chi connectivity index (χ0) is 12.2. The zero-order valence-corrected chi connectivity index (χ0v) is 9.57. The van der Waals surface area contributed by atoms with E-state index >= 15 is 0 Å². The minimum atomic E-state index is -0.552. The number of nitrogens with zero attached hydrogens (tertiary/aromatic N) is 1. The van der Waals surface area contributed by atoms with Gasteiger partial charge < -0.3 is 4.74 Å². The molecule has 2 N–H and O–H groups in total. The minimum absolute atomic E-state index is 0.397. The molecule has 0 aliphatic rings. The van der Waals surface area contributed by atoms with E-state index in [1.807, 2.05) is 0 Å². The Hall–Kier alpha value is -1.91. The van der Waals surface area contributed by atoms with Gasteiger partial charge in [-0.15, -0.1) is 0 Å². The molecule has 0 heterocycles. The summed E-state index contributed by atoms with van der Waals surface area (Å²) in [6, 6.07) is 6.80. The van der Waals surface area contributed by atoms with Crippen LogP contribution in [0.3, 0.4) is 0 Å². The van der Waals surface area contributed by atoms with Crippen LogP contribution < -0.4 is 5.32 Å². The van der Waals surface area contributed by atoms with Crippen molar-refractivity contribution in [2.45, 2.75) is 26.4 Å². The van der Waals surface area contributed by atoms with Gasteiger partial charge in [-0.2, -0.15) is 5.11 Å². The molecule has 0 atom stereocenters. The minimum Gasteiger partial charge on any atom is -0.444 e. The third-order valence-corrected chi connectivity index (χ3v) is 1.66. The van der Waals surface area contributed by atoms with E-state index in [-0.39, 0.29) is 0 Å². The summed E-state index contributed by atoms with van der Waals surface area (Å²) in [6.45, 7) is 5.36. The first kappa shape index (κ1) is 12.2. The van der Waals surface area contributed by atoms with Crippen molar-refractivity contribution in [3.05, 3.63) is 24.3 Å². The second-order valence-electron chi connectivity index (χ2n) is 4.26. The van der Waals surface area contributed by atoms with Crippen LogP contribution in [0.1, 0.15) is 20.8 Å². The Morgan fingerprint density at radius 2 is 2.00 bits per heavy atom. The van der Waals surface area contributed by atoms with Gasteiger partial charge in [-0.3, -0.25) is 5.32 Å². The molecule has 0 aliphatic heterocycles. The quantitative estimate of drug-likeness (QED) is 0.747. The van der Waals surface area contributed by atoms with Gasteiger partial charge in [0.2, 0.25) is 0 Å². The normalized spacial score (nSPS) is 10.7. The van der Waals surface area contributed by atoms with Crippen LogP contribution in [0.4, 0.5) is 16.2 Å². The van der Waals surface area contributed by atoms with Crippen LogP contribution in [0, 0.1) is 5.53 Å². The molecule has 86 valence electrons. The Bertz CT molecular complexity index is 396. The van der Waals surface area contributed by atoms with Gasteiger partial charge in [-0.05, 0) is 32.9 Å². The number of carbonyl (C=O) groups is 1. The Morgan fingerprint density at radius 1 is 1.38 bits per heavy atom. The maximum Gasteiger partial charge on any atom is 0.412 e.